The maximum Gasteiger partial charge on any atom is 0.306 e. The van der Waals surface area contributed by atoms with Crippen LogP contribution < -0.4 is 5.32 Å². The molecule has 0 rings (SSSR count). The summed E-state index contributed by atoms with van der Waals surface area (Å²) in [4.78, 5) is 26.0. The van der Waals surface area contributed by atoms with Crippen LogP contribution in [0.15, 0.2) is 72.9 Å². The van der Waals surface area contributed by atoms with E-state index in [1.807, 2.05) is 60.8 Å². The molecule has 3 atom stereocenters. The van der Waals surface area contributed by atoms with E-state index < -0.39 is 18.2 Å². The van der Waals surface area contributed by atoms with Crippen molar-refractivity contribution in [3.63, 3.8) is 0 Å². The third-order valence-electron chi connectivity index (χ3n) is 10.5. The number of amides is 1. The Morgan fingerprint density at radius 3 is 1.40 bits per heavy atom. The molecule has 0 aliphatic rings. The third kappa shape index (κ3) is 39.9. The summed E-state index contributed by atoms with van der Waals surface area (Å²) in [5, 5.41) is 23.6. The number of nitrogens with one attached hydrogen (secondary N) is 1. The highest BCUT2D eigenvalue weighted by molar-refractivity contribution is 5.77. The van der Waals surface area contributed by atoms with Crippen molar-refractivity contribution < 1.29 is 24.5 Å². The van der Waals surface area contributed by atoms with Crippen LogP contribution >= 0.6 is 0 Å². The zero-order valence-corrected chi connectivity index (χ0v) is 37.2. The first-order valence-corrected chi connectivity index (χ1v) is 23.7. The summed E-state index contributed by atoms with van der Waals surface area (Å²) in [5.41, 5.74) is 0. The summed E-state index contributed by atoms with van der Waals surface area (Å²) in [5.74, 6) is -0.552. The molecule has 3 N–H and O–H groups in total. The molecule has 0 spiro atoms. The van der Waals surface area contributed by atoms with Gasteiger partial charge in [0.15, 0.2) is 0 Å². The molecule has 0 radical (unpaired) electrons. The Labute approximate surface area is 351 Å². The zero-order chi connectivity index (χ0) is 41.7. The number of hydrogen-bond acceptors (Lipinski definition) is 5. The maximum atomic E-state index is 13.1. The molecule has 0 aromatic carbocycles. The number of hydrogen-bond donors (Lipinski definition) is 3. The highest BCUT2D eigenvalue weighted by Crippen LogP contribution is 2.17. The number of aliphatic hydroxyl groups is 2. The van der Waals surface area contributed by atoms with Crippen molar-refractivity contribution in [2.24, 2.45) is 0 Å². The van der Waals surface area contributed by atoms with Crippen LogP contribution in [0.25, 0.3) is 0 Å². The van der Waals surface area contributed by atoms with E-state index in [2.05, 4.69) is 38.2 Å². The molecule has 6 nitrogen and oxygen atoms in total. The minimum Gasteiger partial charge on any atom is -0.462 e. The largest absolute Gasteiger partial charge is 0.462 e. The van der Waals surface area contributed by atoms with Gasteiger partial charge in [-0.2, -0.15) is 0 Å². The molecule has 0 aliphatic carbocycles. The van der Waals surface area contributed by atoms with E-state index in [4.69, 9.17) is 4.74 Å². The van der Waals surface area contributed by atoms with Crippen LogP contribution in [0.4, 0.5) is 0 Å². The van der Waals surface area contributed by atoms with Crippen LogP contribution in [0.3, 0.4) is 0 Å². The van der Waals surface area contributed by atoms with Crippen LogP contribution in [0.5, 0.6) is 0 Å². The van der Waals surface area contributed by atoms with Gasteiger partial charge in [-0.15, -0.1) is 0 Å². The number of aliphatic hydroxyl groups excluding tert-OH is 2. The summed E-state index contributed by atoms with van der Waals surface area (Å²) in [7, 11) is 0. The van der Waals surface area contributed by atoms with E-state index in [9.17, 15) is 19.8 Å². The van der Waals surface area contributed by atoms with Gasteiger partial charge in [-0.25, -0.2) is 0 Å². The fraction of sp³-hybridized carbons (Fsp3) is 0.725. The van der Waals surface area contributed by atoms with Gasteiger partial charge in [-0.3, -0.25) is 9.59 Å². The van der Waals surface area contributed by atoms with Gasteiger partial charge in [0.2, 0.25) is 5.91 Å². The second kappa shape index (κ2) is 44.4. The van der Waals surface area contributed by atoms with E-state index in [-0.39, 0.29) is 24.9 Å². The Hall–Kier alpha value is -2.70. The second-order valence-electron chi connectivity index (χ2n) is 15.9. The van der Waals surface area contributed by atoms with Crippen molar-refractivity contribution in [1.29, 1.82) is 0 Å². The van der Waals surface area contributed by atoms with Crippen LogP contribution in [0.1, 0.15) is 213 Å². The van der Waals surface area contributed by atoms with E-state index in [1.165, 1.54) is 109 Å². The van der Waals surface area contributed by atoms with Gasteiger partial charge >= 0.3 is 5.97 Å². The Bertz CT molecular complexity index is 1070. The van der Waals surface area contributed by atoms with Crippen molar-refractivity contribution >= 4 is 11.9 Å². The lowest BCUT2D eigenvalue weighted by Gasteiger charge is -2.24. The molecular weight excluding hydrogens is 707 g/mol. The van der Waals surface area contributed by atoms with E-state index in [0.29, 0.717) is 19.3 Å². The monoisotopic (exact) mass is 796 g/mol. The second-order valence-corrected chi connectivity index (χ2v) is 15.9. The number of carbonyl (C=O) groups is 2. The van der Waals surface area contributed by atoms with E-state index in [0.717, 1.165) is 57.8 Å². The summed E-state index contributed by atoms with van der Waals surface area (Å²) in [6.45, 7) is 6.29. The smallest absolute Gasteiger partial charge is 0.306 e. The van der Waals surface area contributed by atoms with Crippen molar-refractivity contribution in [3.05, 3.63) is 72.9 Å². The lowest BCUT2D eigenvalue weighted by atomic mass is 10.0. The fourth-order valence-electron chi connectivity index (χ4n) is 6.88. The number of carbonyl (C=O) groups excluding carboxylic acids is 2. The first-order valence-electron chi connectivity index (χ1n) is 23.7. The third-order valence-corrected chi connectivity index (χ3v) is 10.5. The quantitative estimate of drug-likeness (QED) is 0.0325. The predicted molar refractivity (Wildman–Crippen MR) is 245 cm³/mol. The van der Waals surface area contributed by atoms with Crippen LogP contribution in [-0.2, 0) is 14.3 Å². The Morgan fingerprint density at radius 2 is 0.947 bits per heavy atom. The van der Waals surface area contributed by atoms with Gasteiger partial charge in [-0.05, 0) is 38.5 Å². The Morgan fingerprint density at radius 1 is 0.526 bits per heavy atom. The molecule has 0 saturated carbocycles. The van der Waals surface area contributed by atoms with Gasteiger partial charge in [0.05, 0.1) is 25.2 Å². The molecule has 0 heterocycles. The fourth-order valence-corrected chi connectivity index (χ4v) is 6.88. The summed E-state index contributed by atoms with van der Waals surface area (Å²) < 4.78 is 5.87. The van der Waals surface area contributed by atoms with Gasteiger partial charge in [0.1, 0.15) is 6.10 Å². The van der Waals surface area contributed by atoms with Crippen LogP contribution in [0, 0.1) is 0 Å². The predicted octanol–water partition coefficient (Wildman–Crippen LogP) is 13.8. The molecule has 0 fully saturated rings. The first-order chi connectivity index (χ1) is 28.0. The normalized spacial score (nSPS) is 14.0. The molecule has 3 unspecified atom stereocenters. The molecule has 0 bridgehead atoms. The molecule has 1 amide bonds. The number of rotatable bonds is 41. The van der Waals surface area contributed by atoms with E-state index in [1.54, 1.807) is 0 Å². The summed E-state index contributed by atoms with van der Waals surface area (Å²) in [6.07, 6.45) is 55.3. The molecular formula is C51H89NO5. The van der Waals surface area contributed by atoms with Crippen LogP contribution in [-0.4, -0.2) is 46.9 Å². The lowest BCUT2D eigenvalue weighted by Crippen LogP contribution is -2.46. The minimum absolute atomic E-state index is 0.0256. The molecule has 57 heavy (non-hydrogen) atoms. The average molecular weight is 796 g/mol. The first kappa shape index (κ1) is 54.3. The highest BCUT2D eigenvalue weighted by Gasteiger charge is 2.24. The van der Waals surface area contributed by atoms with Gasteiger partial charge < -0.3 is 20.3 Å². The van der Waals surface area contributed by atoms with Gasteiger partial charge in [0, 0.05) is 6.42 Å². The SMILES string of the molecule is CC\C=C/C=C/C=C/C=C\C=C\C=C\CCCC(CC(=O)NC(CO)C(O)CCCCCCCCCCCCCC)OC(=O)CCCCCCCCCCCCC. The van der Waals surface area contributed by atoms with Crippen molar-refractivity contribution in [3.8, 4) is 0 Å². The summed E-state index contributed by atoms with van der Waals surface area (Å²) >= 11 is 0. The van der Waals surface area contributed by atoms with Crippen molar-refractivity contribution in [2.45, 2.75) is 232 Å². The number of ether oxygens (including phenoxy) is 1. The molecule has 328 valence electrons. The van der Waals surface area contributed by atoms with Gasteiger partial charge in [-0.1, -0.05) is 235 Å². The standard InChI is InChI=1S/C51H89NO5/c1-4-7-10-13-16-19-22-24-25-26-28-30-33-36-39-42-47(57-51(56)44-41-38-35-32-27-21-18-15-12-9-6-3)45-50(55)52-48(46-53)49(54)43-40-37-34-31-29-23-20-17-14-11-8-5-2/h7,10,13,16,19,22,24-26,28,30,33,47-49,53-54H,4-6,8-9,11-12,14-15,17-18,20-21,23,27,29,31-32,34-46H2,1-3H3,(H,52,55)/b10-7-,16-13+,22-19+,25-24-,28-26+,33-30+. The lowest BCUT2D eigenvalue weighted by molar-refractivity contribution is -0.151. The molecule has 0 saturated heterocycles. The highest BCUT2D eigenvalue weighted by atomic mass is 16.5. The summed E-state index contributed by atoms with van der Waals surface area (Å²) in [6, 6.07) is -0.725. The van der Waals surface area contributed by atoms with E-state index >= 15 is 0 Å². The number of esters is 1. The topological polar surface area (TPSA) is 95.9 Å². The van der Waals surface area contributed by atoms with Gasteiger partial charge in [0.25, 0.3) is 0 Å². The van der Waals surface area contributed by atoms with Crippen molar-refractivity contribution in [2.75, 3.05) is 6.61 Å². The zero-order valence-electron chi connectivity index (χ0n) is 37.2. The molecule has 0 aromatic rings. The minimum atomic E-state index is -0.807. The Balaban J connectivity index is 4.76. The number of allylic oxidation sites excluding steroid dienone is 12. The Kier molecular flexibility index (Phi) is 42.3. The maximum absolute atomic E-state index is 13.1. The molecule has 6 heteroatoms. The molecule has 0 aliphatic heterocycles. The average Bonchev–Trinajstić information content (AvgIpc) is 3.20. The molecule has 0 aromatic heterocycles. The van der Waals surface area contributed by atoms with Crippen LogP contribution in [0.2, 0.25) is 0 Å². The number of unbranched alkanes of at least 4 members (excludes halogenated alkanes) is 22. The van der Waals surface area contributed by atoms with Crippen molar-refractivity contribution in [1.82, 2.24) is 5.32 Å².